The van der Waals surface area contributed by atoms with Gasteiger partial charge in [0.1, 0.15) is 5.75 Å². The van der Waals surface area contributed by atoms with Crippen molar-refractivity contribution in [2.45, 2.75) is 19.0 Å². The van der Waals surface area contributed by atoms with E-state index in [-0.39, 0.29) is 12.1 Å². The van der Waals surface area contributed by atoms with Crippen LogP contribution in [0.2, 0.25) is 0 Å². The Morgan fingerprint density at radius 3 is 2.65 bits per heavy atom. The van der Waals surface area contributed by atoms with Gasteiger partial charge in [-0.3, -0.25) is 9.71 Å². The molecule has 1 saturated heterocycles. The molecule has 1 aliphatic rings. The van der Waals surface area contributed by atoms with Crippen LogP contribution in [0.3, 0.4) is 0 Å². The number of pyridine rings is 1. The van der Waals surface area contributed by atoms with Crippen LogP contribution in [0.4, 0.5) is 11.4 Å². The van der Waals surface area contributed by atoms with Gasteiger partial charge in [0.25, 0.3) is 0 Å². The summed E-state index contributed by atoms with van der Waals surface area (Å²) in [4.78, 5) is 8.94. The zero-order valence-corrected chi connectivity index (χ0v) is 19.6. The summed E-state index contributed by atoms with van der Waals surface area (Å²) in [5, 5.41) is 3.98. The summed E-state index contributed by atoms with van der Waals surface area (Å²) in [6.07, 6.45) is 2.88. The predicted molar refractivity (Wildman–Crippen MR) is 128 cm³/mol. The van der Waals surface area contributed by atoms with Crippen molar-refractivity contribution < 1.29 is 13.2 Å². The van der Waals surface area contributed by atoms with Crippen LogP contribution in [0, 0.1) is 6.92 Å². The van der Waals surface area contributed by atoms with Crippen LogP contribution in [0.25, 0.3) is 0 Å². The normalized spacial score (nSPS) is 18.7. The van der Waals surface area contributed by atoms with Gasteiger partial charge < -0.3 is 15.0 Å². The highest BCUT2D eigenvalue weighted by Crippen LogP contribution is 2.45. The Balaban J connectivity index is 1.79. The maximum absolute atomic E-state index is 11.7. The summed E-state index contributed by atoms with van der Waals surface area (Å²) < 4.78 is 31.3. The van der Waals surface area contributed by atoms with Gasteiger partial charge in [-0.15, -0.1) is 11.3 Å². The van der Waals surface area contributed by atoms with Crippen molar-refractivity contribution in [1.82, 2.24) is 10.3 Å². The minimum Gasteiger partial charge on any atom is -0.494 e. The Labute approximate surface area is 191 Å². The topological polar surface area (TPSA) is 83.6 Å². The molecule has 0 radical (unpaired) electrons. The summed E-state index contributed by atoms with van der Waals surface area (Å²) in [7, 11) is -1.93. The van der Waals surface area contributed by atoms with Crippen LogP contribution in [0.5, 0.6) is 5.75 Å². The van der Waals surface area contributed by atoms with Gasteiger partial charge in [-0.05, 0) is 55.5 Å². The van der Waals surface area contributed by atoms with E-state index in [2.05, 4.69) is 34.1 Å². The van der Waals surface area contributed by atoms with Crippen molar-refractivity contribution in [2.24, 2.45) is 0 Å². The van der Waals surface area contributed by atoms with E-state index < -0.39 is 10.0 Å². The SMILES string of the molecule is COc1cc(N2C(=S)N[C@@H](c3ccccn3)[C@@H]2c2ccc(C)s2)ccc1NS(C)(=O)=O. The summed E-state index contributed by atoms with van der Waals surface area (Å²) in [5.74, 6) is 0.410. The fourth-order valence-corrected chi connectivity index (χ4v) is 5.57. The van der Waals surface area contributed by atoms with E-state index in [9.17, 15) is 8.42 Å². The Morgan fingerprint density at radius 2 is 2.03 bits per heavy atom. The van der Waals surface area contributed by atoms with Gasteiger partial charge in [-0.25, -0.2) is 8.42 Å². The van der Waals surface area contributed by atoms with Crippen molar-refractivity contribution in [1.29, 1.82) is 0 Å². The first-order valence-corrected chi connectivity index (χ1v) is 12.6. The number of nitrogens with zero attached hydrogens (tertiary/aromatic N) is 2. The summed E-state index contributed by atoms with van der Waals surface area (Å²) in [6, 6.07) is 15.1. The van der Waals surface area contributed by atoms with E-state index in [0.29, 0.717) is 16.5 Å². The highest BCUT2D eigenvalue weighted by atomic mass is 32.2. The number of aryl methyl sites for hydroxylation is 1. The Bertz CT molecular complexity index is 1210. The number of ether oxygens (including phenoxy) is 1. The number of rotatable bonds is 6. The quantitative estimate of drug-likeness (QED) is 0.522. The molecule has 0 bridgehead atoms. The second-order valence-corrected chi connectivity index (χ2v) is 10.7. The molecule has 0 aliphatic carbocycles. The summed E-state index contributed by atoms with van der Waals surface area (Å²) >= 11 is 7.44. The summed E-state index contributed by atoms with van der Waals surface area (Å²) in [6.45, 7) is 2.07. The third-order valence-electron chi connectivity index (χ3n) is 4.91. The van der Waals surface area contributed by atoms with Crippen LogP contribution in [-0.2, 0) is 10.0 Å². The number of hydrogen-bond donors (Lipinski definition) is 2. The Kier molecular flexibility index (Phi) is 5.87. The molecule has 4 rings (SSSR count). The molecule has 3 aromatic rings. The van der Waals surface area contributed by atoms with Crippen LogP contribution in [0.1, 0.15) is 27.5 Å². The number of methoxy groups -OCH3 is 1. The number of thiophene rings is 1. The number of sulfonamides is 1. The average molecular weight is 475 g/mol. The molecule has 3 heterocycles. The van der Waals surface area contributed by atoms with Crippen molar-refractivity contribution in [3.63, 3.8) is 0 Å². The van der Waals surface area contributed by atoms with Crippen molar-refractivity contribution in [2.75, 3.05) is 23.0 Å². The second-order valence-electron chi connectivity index (χ2n) is 7.20. The molecular formula is C21H22N4O3S3. The molecule has 1 fully saturated rings. The molecule has 2 atom stereocenters. The molecule has 10 heteroatoms. The van der Waals surface area contributed by atoms with Crippen LogP contribution >= 0.6 is 23.6 Å². The molecule has 0 spiro atoms. The predicted octanol–water partition coefficient (Wildman–Crippen LogP) is 4.01. The number of anilines is 2. The molecule has 0 amide bonds. The van der Waals surface area contributed by atoms with Gasteiger partial charge in [0, 0.05) is 27.7 Å². The maximum atomic E-state index is 11.7. The Hall–Kier alpha value is -2.69. The minimum absolute atomic E-state index is 0.112. The standard InChI is InChI=1S/C21H22N4O3S3/c1-13-7-10-18(30-13)20-19(16-6-4-5-11-22-16)23-21(29)25(20)14-8-9-15(17(12-14)28-2)24-31(3,26)27/h4-12,19-20,24H,1-3H3,(H,23,29)/t19-,20-/m0/s1. The number of hydrogen-bond acceptors (Lipinski definition) is 6. The van der Waals surface area contributed by atoms with Crippen LogP contribution in [0.15, 0.2) is 54.7 Å². The van der Waals surface area contributed by atoms with E-state index in [1.165, 1.54) is 12.0 Å². The smallest absolute Gasteiger partial charge is 0.229 e. The van der Waals surface area contributed by atoms with E-state index in [1.807, 2.05) is 29.2 Å². The van der Waals surface area contributed by atoms with E-state index in [0.717, 1.165) is 22.5 Å². The number of benzene rings is 1. The first kappa shape index (κ1) is 21.5. The first-order valence-electron chi connectivity index (χ1n) is 9.49. The van der Waals surface area contributed by atoms with Crippen LogP contribution < -0.4 is 19.7 Å². The molecular weight excluding hydrogens is 452 g/mol. The summed E-state index contributed by atoms with van der Waals surface area (Å²) in [5.41, 5.74) is 2.06. The van der Waals surface area contributed by atoms with Crippen LogP contribution in [-0.4, -0.2) is 31.9 Å². The number of aromatic nitrogens is 1. The van der Waals surface area contributed by atoms with Gasteiger partial charge in [-0.1, -0.05) is 6.07 Å². The lowest BCUT2D eigenvalue weighted by atomic mass is 10.0. The van der Waals surface area contributed by atoms with E-state index >= 15 is 0 Å². The molecule has 7 nitrogen and oxygen atoms in total. The largest absolute Gasteiger partial charge is 0.494 e. The highest BCUT2D eigenvalue weighted by Gasteiger charge is 2.41. The molecule has 31 heavy (non-hydrogen) atoms. The van der Waals surface area contributed by atoms with Gasteiger partial charge in [0.15, 0.2) is 5.11 Å². The van der Waals surface area contributed by atoms with E-state index in [1.54, 1.807) is 29.7 Å². The molecule has 2 aromatic heterocycles. The zero-order chi connectivity index (χ0) is 22.2. The monoisotopic (exact) mass is 474 g/mol. The van der Waals surface area contributed by atoms with Crippen molar-refractivity contribution >= 4 is 50.1 Å². The second kappa shape index (κ2) is 8.45. The molecule has 1 aliphatic heterocycles. The number of thiocarbonyl (C=S) groups is 1. The molecule has 162 valence electrons. The zero-order valence-electron chi connectivity index (χ0n) is 17.2. The van der Waals surface area contributed by atoms with Gasteiger partial charge in [0.05, 0.1) is 36.8 Å². The average Bonchev–Trinajstić information content (AvgIpc) is 3.30. The third-order valence-corrected chi connectivity index (χ3v) is 6.89. The molecule has 2 N–H and O–H groups in total. The first-order chi connectivity index (χ1) is 14.8. The minimum atomic E-state index is -3.44. The highest BCUT2D eigenvalue weighted by molar-refractivity contribution is 7.92. The fourth-order valence-electron chi connectivity index (χ4n) is 3.65. The van der Waals surface area contributed by atoms with Gasteiger partial charge in [0.2, 0.25) is 10.0 Å². The number of nitrogens with one attached hydrogen (secondary N) is 2. The lowest BCUT2D eigenvalue weighted by Crippen LogP contribution is -2.29. The lowest BCUT2D eigenvalue weighted by molar-refractivity contribution is 0.417. The third kappa shape index (κ3) is 4.51. The van der Waals surface area contributed by atoms with Crippen molar-refractivity contribution in [3.8, 4) is 5.75 Å². The van der Waals surface area contributed by atoms with Gasteiger partial charge in [-0.2, -0.15) is 0 Å². The lowest BCUT2D eigenvalue weighted by Gasteiger charge is -2.27. The fraction of sp³-hybridized carbons (Fsp3) is 0.238. The maximum Gasteiger partial charge on any atom is 0.229 e. The van der Waals surface area contributed by atoms with Gasteiger partial charge >= 0.3 is 0 Å². The van der Waals surface area contributed by atoms with Crippen molar-refractivity contribution in [3.05, 3.63) is 70.2 Å². The molecule has 1 aromatic carbocycles. The Morgan fingerprint density at radius 1 is 1.23 bits per heavy atom. The van der Waals surface area contributed by atoms with E-state index in [4.69, 9.17) is 17.0 Å². The molecule has 0 saturated carbocycles. The molecule has 0 unspecified atom stereocenters.